The lowest BCUT2D eigenvalue weighted by Gasteiger charge is -2.29. The number of hydrogen-bond acceptors (Lipinski definition) is 4. The van der Waals surface area contributed by atoms with E-state index >= 15 is 0 Å². The quantitative estimate of drug-likeness (QED) is 0.491. The van der Waals surface area contributed by atoms with E-state index in [1.807, 2.05) is 60.7 Å². The second kappa shape index (κ2) is 10.7. The normalized spacial score (nSPS) is 23.7. The van der Waals surface area contributed by atoms with Crippen molar-refractivity contribution in [3.8, 4) is 11.5 Å². The molecule has 2 unspecified atom stereocenters. The molecule has 33 heavy (non-hydrogen) atoms. The first-order valence-electron chi connectivity index (χ1n) is 11.8. The average molecular weight is 445 g/mol. The minimum Gasteiger partial charge on any atom is -0.497 e. The van der Waals surface area contributed by atoms with Crippen LogP contribution in [0.15, 0.2) is 59.7 Å². The highest BCUT2D eigenvalue weighted by atomic mass is 16.5. The Kier molecular flexibility index (Phi) is 7.43. The van der Waals surface area contributed by atoms with Gasteiger partial charge in [-0.1, -0.05) is 24.3 Å². The Morgan fingerprint density at radius 1 is 0.697 bits per heavy atom. The molecule has 4 nitrogen and oxygen atoms in total. The molecule has 0 saturated heterocycles. The fourth-order valence-electron chi connectivity index (χ4n) is 4.99. The third-order valence-corrected chi connectivity index (χ3v) is 6.85. The molecule has 2 atom stereocenters. The molecule has 2 saturated carbocycles. The van der Waals surface area contributed by atoms with Crippen LogP contribution in [0.2, 0.25) is 0 Å². The van der Waals surface area contributed by atoms with Gasteiger partial charge in [-0.15, -0.1) is 0 Å². The second-order valence-corrected chi connectivity index (χ2v) is 9.03. The fourth-order valence-corrected chi connectivity index (χ4v) is 4.99. The van der Waals surface area contributed by atoms with E-state index in [2.05, 4.69) is 0 Å². The number of methoxy groups -OCH3 is 2. The highest BCUT2D eigenvalue weighted by Gasteiger charge is 2.33. The van der Waals surface area contributed by atoms with Crippen molar-refractivity contribution in [3.05, 3.63) is 70.8 Å². The van der Waals surface area contributed by atoms with Crippen LogP contribution >= 0.6 is 0 Å². The molecule has 0 bridgehead atoms. The predicted molar refractivity (Wildman–Crippen MR) is 131 cm³/mol. The molecule has 2 fully saturated rings. The molecule has 0 amide bonds. The summed E-state index contributed by atoms with van der Waals surface area (Å²) in [7, 11) is 3.29. The fraction of sp³-hybridized carbons (Fsp3) is 0.379. The number of benzene rings is 2. The van der Waals surface area contributed by atoms with Gasteiger partial charge in [0.1, 0.15) is 11.5 Å². The molecule has 0 radical (unpaired) electrons. The van der Waals surface area contributed by atoms with Crippen LogP contribution < -0.4 is 9.47 Å². The Bertz CT molecular complexity index is 959. The van der Waals surface area contributed by atoms with Gasteiger partial charge in [-0.2, -0.15) is 0 Å². The minimum atomic E-state index is -0.0578. The van der Waals surface area contributed by atoms with E-state index < -0.39 is 0 Å². The van der Waals surface area contributed by atoms with E-state index in [4.69, 9.17) is 9.47 Å². The van der Waals surface area contributed by atoms with Crippen LogP contribution in [0.5, 0.6) is 11.5 Å². The van der Waals surface area contributed by atoms with Crippen LogP contribution in [0, 0.1) is 11.8 Å². The third-order valence-electron chi connectivity index (χ3n) is 6.85. The monoisotopic (exact) mass is 444 g/mol. The van der Waals surface area contributed by atoms with Gasteiger partial charge < -0.3 is 9.47 Å². The minimum absolute atomic E-state index is 0.0578. The molecule has 2 aliphatic rings. The molecule has 2 aromatic rings. The molecule has 4 heteroatoms. The van der Waals surface area contributed by atoms with Gasteiger partial charge >= 0.3 is 0 Å². The van der Waals surface area contributed by atoms with E-state index in [9.17, 15) is 9.59 Å². The Balaban J connectivity index is 1.44. The zero-order valence-corrected chi connectivity index (χ0v) is 19.5. The number of ether oxygens (including phenoxy) is 2. The standard InChI is InChI=1S/C29H32O4/c1-32-26-13-9-20(10-14-26)17-22-5-3-7-24(28(22)30)19-25-8-4-6-23(29(25)31)18-21-11-15-27(33-2)16-12-21/h9-18,24-25H,3-8,19H2,1-2H3/b22-17+,23-18+. The van der Waals surface area contributed by atoms with Crippen LogP contribution in [0.1, 0.15) is 56.1 Å². The summed E-state index contributed by atoms with van der Waals surface area (Å²) in [5.41, 5.74) is 3.79. The summed E-state index contributed by atoms with van der Waals surface area (Å²) in [4.78, 5) is 26.5. The smallest absolute Gasteiger partial charge is 0.161 e. The van der Waals surface area contributed by atoms with Crippen molar-refractivity contribution in [2.45, 2.75) is 44.9 Å². The van der Waals surface area contributed by atoms with Crippen LogP contribution in [0.3, 0.4) is 0 Å². The predicted octanol–water partition coefficient (Wildman–Crippen LogP) is 6.30. The molecule has 0 heterocycles. The van der Waals surface area contributed by atoms with Gasteiger partial charge in [-0.25, -0.2) is 0 Å². The molecule has 2 aromatic carbocycles. The molecule has 2 aliphatic carbocycles. The average Bonchev–Trinajstić information content (AvgIpc) is 2.85. The van der Waals surface area contributed by atoms with Crippen LogP contribution in [-0.2, 0) is 9.59 Å². The molecule has 0 aliphatic heterocycles. The van der Waals surface area contributed by atoms with Gasteiger partial charge in [-0.05, 0) is 104 Å². The van der Waals surface area contributed by atoms with E-state index in [0.29, 0.717) is 6.42 Å². The highest BCUT2D eigenvalue weighted by Crippen LogP contribution is 2.36. The van der Waals surface area contributed by atoms with Gasteiger partial charge in [0.2, 0.25) is 0 Å². The Hall–Kier alpha value is -3.14. The largest absolute Gasteiger partial charge is 0.497 e. The topological polar surface area (TPSA) is 52.6 Å². The number of carbonyl (C=O) groups excluding carboxylic acids is 2. The van der Waals surface area contributed by atoms with Crippen molar-refractivity contribution in [1.29, 1.82) is 0 Å². The lowest BCUT2D eigenvalue weighted by molar-refractivity contribution is -0.124. The summed E-state index contributed by atoms with van der Waals surface area (Å²) in [5.74, 6) is 1.93. The zero-order valence-electron chi connectivity index (χ0n) is 19.5. The van der Waals surface area contributed by atoms with Gasteiger partial charge in [0.05, 0.1) is 14.2 Å². The summed E-state index contributed by atoms with van der Waals surface area (Å²) in [6.07, 6.45) is 10.0. The Labute approximate surface area is 196 Å². The summed E-state index contributed by atoms with van der Waals surface area (Å²) in [6.45, 7) is 0. The molecular formula is C29H32O4. The molecule has 0 aromatic heterocycles. The maximum absolute atomic E-state index is 13.2. The van der Waals surface area contributed by atoms with E-state index in [-0.39, 0.29) is 23.4 Å². The van der Waals surface area contributed by atoms with E-state index in [1.165, 1.54) is 0 Å². The number of ketones is 2. The van der Waals surface area contributed by atoms with Crippen molar-refractivity contribution in [2.75, 3.05) is 14.2 Å². The first-order chi connectivity index (χ1) is 16.1. The molecule has 172 valence electrons. The molecule has 0 N–H and O–H groups in total. The number of Topliss-reactive ketones (excluding diaryl/α,β-unsaturated/α-hetero) is 2. The summed E-state index contributed by atoms with van der Waals surface area (Å²) in [6, 6.07) is 15.5. The summed E-state index contributed by atoms with van der Waals surface area (Å²) in [5, 5.41) is 0. The van der Waals surface area contributed by atoms with Crippen molar-refractivity contribution in [1.82, 2.24) is 0 Å². The molecule has 0 spiro atoms. The van der Waals surface area contributed by atoms with Crippen LogP contribution in [0.25, 0.3) is 12.2 Å². The van der Waals surface area contributed by atoms with E-state index in [1.54, 1.807) is 14.2 Å². The number of carbonyl (C=O) groups is 2. The second-order valence-electron chi connectivity index (χ2n) is 9.03. The summed E-state index contributed by atoms with van der Waals surface area (Å²) < 4.78 is 10.4. The van der Waals surface area contributed by atoms with Crippen molar-refractivity contribution >= 4 is 23.7 Å². The SMILES string of the molecule is COc1ccc(/C=C2\CCCC(CC3CCC/C(=C\c4ccc(OC)cc4)C3=O)C2=O)cc1. The van der Waals surface area contributed by atoms with Crippen LogP contribution in [0.4, 0.5) is 0 Å². The maximum atomic E-state index is 13.2. The van der Waals surface area contributed by atoms with E-state index in [0.717, 1.165) is 72.3 Å². The highest BCUT2D eigenvalue weighted by molar-refractivity contribution is 6.04. The van der Waals surface area contributed by atoms with Gasteiger partial charge in [0.25, 0.3) is 0 Å². The van der Waals surface area contributed by atoms with Gasteiger partial charge in [-0.3, -0.25) is 9.59 Å². The third kappa shape index (κ3) is 5.62. The number of hydrogen-bond donors (Lipinski definition) is 0. The Morgan fingerprint density at radius 3 is 1.45 bits per heavy atom. The van der Waals surface area contributed by atoms with Gasteiger partial charge in [0.15, 0.2) is 11.6 Å². The van der Waals surface area contributed by atoms with Crippen LogP contribution in [-0.4, -0.2) is 25.8 Å². The Morgan fingerprint density at radius 2 is 1.09 bits per heavy atom. The van der Waals surface area contributed by atoms with Crippen molar-refractivity contribution in [2.24, 2.45) is 11.8 Å². The molecule has 4 rings (SSSR count). The first kappa shape index (κ1) is 23.0. The van der Waals surface area contributed by atoms with Gasteiger partial charge in [0, 0.05) is 11.8 Å². The van der Waals surface area contributed by atoms with Crippen molar-refractivity contribution < 1.29 is 19.1 Å². The number of allylic oxidation sites excluding steroid dienone is 2. The lowest BCUT2D eigenvalue weighted by Crippen LogP contribution is -2.29. The molecular weight excluding hydrogens is 412 g/mol. The maximum Gasteiger partial charge on any atom is 0.161 e. The van der Waals surface area contributed by atoms with Crippen molar-refractivity contribution in [3.63, 3.8) is 0 Å². The lowest BCUT2D eigenvalue weighted by atomic mass is 9.73. The number of rotatable bonds is 6. The first-order valence-corrected chi connectivity index (χ1v) is 11.8. The zero-order chi connectivity index (χ0) is 23.2. The summed E-state index contributed by atoms with van der Waals surface area (Å²) >= 11 is 0.